The van der Waals surface area contributed by atoms with E-state index in [0.29, 0.717) is 6.10 Å². The maximum atomic E-state index is 5.62. The van der Waals surface area contributed by atoms with E-state index in [0.717, 1.165) is 11.7 Å². The molecule has 9 heavy (non-hydrogen) atoms. The molecule has 3 heteroatoms. The summed E-state index contributed by atoms with van der Waals surface area (Å²) in [4.78, 5) is 0. The predicted molar refractivity (Wildman–Crippen MR) is 43.9 cm³/mol. The van der Waals surface area contributed by atoms with Gasteiger partial charge in [0, 0.05) is 0 Å². The Morgan fingerprint density at radius 2 is 2.33 bits per heavy atom. The van der Waals surface area contributed by atoms with Crippen LogP contribution >= 0.6 is 10.4 Å². The molecule has 1 rings (SSSR count). The molecule has 1 saturated carbocycles. The van der Waals surface area contributed by atoms with E-state index >= 15 is 0 Å². The Morgan fingerprint density at radius 3 is 2.67 bits per heavy atom. The first-order chi connectivity index (χ1) is 4.24. The topological polar surface area (TPSA) is 9.23 Å². The Kier molecular flexibility index (Phi) is 2.47. The van der Waals surface area contributed by atoms with E-state index < -0.39 is 10.4 Å². The van der Waals surface area contributed by atoms with Gasteiger partial charge in [-0.15, -0.1) is 0 Å². The Balaban J connectivity index is 2.15. The molecule has 0 saturated heterocycles. The standard InChI is InChI=1S/C6H13BOS/c1-3-9(7)8-6-4-5(6)2/h5-6,9H,3-4H2,1-2H3. The summed E-state index contributed by atoms with van der Waals surface area (Å²) in [5, 5.41) is 0. The molecule has 0 aromatic carbocycles. The van der Waals surface area contributed by atoms with Crippen molar-refractivity contribution in [3.63, 3.8) is 0 Å². The average molecular weight is 144 g/mol. The summed E-state index contributed by atoms with van der Waals surface area (Å²) in [5.74, 6) is 1.75. The van der Waals surface area contributed by atoms with Gasteiger partial charge >= 0.3 is 59.2 Å². The number of hydrogen-bond acceptors (Lipinski definition) is 1. The van der Waals surface area contributed by atoms with Crippen LogP contribution in [0, 0.1) is 5.92 Å². The molecule has 52 valence electrons. The Morgan fingerprint density at radius 1 is 1.78 bits per heavy atom. The third kappa shape index (κ3) is 2.22. The van der Waals surface area contributed by atoms with Crippen LogP contribution in [0.5, 0.6) is 0 Å². The predicted octanol–water partition coefficient (Wildman–Crippen LogP) is 1.43. The van der Waals surface area contributed by atoms with Crippen molar-refractivity contribution >= 4 is 16.9 Å². The van der Waals surface area contributed by atoms with Crippen LogP contribution in [0.25, 0.3) is 0 Å². The van der Waals surface area contributed by atoms with Crippen molar-refractivity contribution in [1.82, 2.24) is 0 Å². The zero-order valence-corrected chi connectivity index (χ0v) is 6.90. The molecule has 0 heterocycles. The van der Waals surface area contributed by atoms with E-state index in [9.17, 15) is 0 Å². The summed E-state index contributed by atoms with van der Waals surface area (Å²) in [6.07, 6.45) is 1.72. The van der Waals surface area contributed by atoms with Gasteiger partial charge < -0.3 is 0 Å². The quantitative estimate of drug-likeness (QED) is 0.432. The Labute approximate surface area is 59.8 Å². The van der Waals surface area contributed by atoms with Gasteiger partial charge in [0.05, 0.1) is 0 Å². The van der Waals surface area contributed by atoms with E-state index in [2.05, 4.69) is 13.8 Å². The van der Waals surface area contributed by atoms with Gasteiger partial charge in [-0.2, -0.15) is 0 Å². The van der Waals surface area contributed by atoms with Crippen molar-refractivity contribution in [2.24, 2.45) is 5.92 Å². The fraction of sp³-hybridized carbons (Fsp3) is 1.00. The molecule has 0 spiro atoms. The third-order valence-electron chi connectivity index (χ3n) is 1.62. The summed E-state index contributed by atoms with van der Waals surface area (Å²) < 4.78 is 5.47. The Bertz CT molecular complexity index is 160. The van der Waals surface area contributed by atoms with Crippen LogP contribution in [0.2, 0.25) is 0 Å². The SMILES string of the molecule is B#[SH](CC)OC1CC1C. The summed E-state index contributed by atoms with van der Waals surface area (Å²) in [6.45, 7) is 9.88. The van der Waals surface area contributed by atoms with Gasteiger partial charge in [0.25, 0.3) is 0 Å². The molecule has 0 radical (unpaired) electrons. The fourth-order valence-electron chi connectivity index (χ4n) is 0.683. The molecule has 0 bridgehead atoms. The molecular formula is C6H13BOS. The maximum absolute atomic E-state index is 5.62. The van der Waals surface area contributed by atoms with Crippen molar-refractivity contribution in [2.45, 2.75) is 26.4 Å². The zero-order chi connectivity index (χ0) is 6.85. The van der Waals surface area contributed by atoms with E-state index in [1.807, 2.05) is 0 Å². The van der Waals surface area contributed by atoms with Gasteiger partial charge in [-0.1, -0.05) is 0 Å². The summed E-state index contributed by atoms with van der Waals surface area (Å²) >= 11 is 0. The molecule has 3 unspecified atom stereocenters. The van der Waals surface area contributed by atoms with Crippen LogP contribution in [0.4, 0.5) is 0 Å². The minimum absolute atomic E-state index is 0.501. The molecule has 1 aliphatic carbocycles. The molecule has 0 N–H and O–H groups in total. The fourth-order valence-corrected chi connectivity index (χ4v) is 1.47. The van der Waals surface area contributed by atoms with Crippen molar-refractivity contribution in [2.75, 3.05) is 5.75 Å². The number of hydrogen-bond donors (Lipinski definition) is 1. The third-order valence-corrected chi connectivity index (χ3v) is 2.78. The summed E-state index contributed by atoms with van der Waals surface area (Å²) in [7, 11) is -0.582. The molecule has 3 atom stereocenters. The summed E-state index contributed by atoms with van der Waals surface area (Å²) in [6, 6.07) is 0. The van der Waals surface area contributed by atoms with Gasteiger partial charge in [-0.25, -0.2) is 0 Å². The van der Waals surface area contributed by atoms with Gasteiger partial charge in [-0.3, -0.25) is 0 Å². The molecule has 1 aliphatic rings. The van der Waals surface area contributed by atoms with Crippen LogP contribution in [0.1, 0.15) is 20.3 Å². The molecule has 0 aliphatic heterocycles. The first kappa shape index (κ1) is 7.48. The van der Waals surface area contributed by atoms with Crippen LogP contribution in [0.15, 0.2) is 0 Å². The number of thiol groups is 1. The minimum atomic E-state index is -0.582. The van der Waals surface area contributed by atoms with E-state index in [1.165, 1.54) is 6.42 Å². The van der Waals surface area contributed by atoms with Crippen molar-refractivity contribution in [3.8, 4) is 0 Å². The first-order valence-corrected chi connectivity index (χ1v) is 4.94. The first-order valence-electron chi connectivity index (χ1n) is 3.43. The molecule has 1 nitrogen and oxygen atoms in total. The second-order valence-corrected chi connectivity index (χ2v) is 4.27. The molecular weight excluding hydrogens is 131 g/mol. The number of rotatable bonds is 1. The zero-order valence-electron chi connectivity index (χ0n) is 6.00. The second kappa shape index (κ2) is 2.97. The second-order valence-electron chi connectivity index (χ2n) is 2.59. The molecule has 0 amide bonds. The Hall–Kier alpha value is 0.375. The van der Waals surface area contributed by atoms with Crippen molar-refractivity contribution < 1.29 is 4.18 Å². The molecule has 0 aromatic rings. The van der Waals surface area contributed by atoms with Crippen LogP contribution < -0.4 is 0 Å². The van der Waals surface area contributed by atoms with Crippen molar-refractivity contribution in [3.05, 3.63) is 0 Å². The van der Waals surface area contributed by atoms with Gasteiger partial charge in [0.2, 0.25) is 0 Å². The van der Waals surface area contributed by atoms with Crippen molar-refractivity contribution in [1.29, 1.82) is 0 Å². The van der Waals surface area contributed by atoms with Crippen LogP contribution in [-0.2, 0) is 4.18 Å². The van der Waals surface area contributed by atoms with Gasteiger partial charge in [0.15, 0.2) is 0 Å². The average Bonchev–Trinajstić information content (AvgIpc) is 2.47. The molecule has 0 aromatic heterocycles. The normalized spacial score (nSPS) is 36.4. The van der Waals surface area contributed by atoms with Crippen LogP contribution in [-0.4, -0.2) is 18.4 Å². The van der Waals surface area contributed by atoms with E-state index in [-0.39, 0.29) is 0 Å². The monoisotopic (exact) mass is 144 g/mol. The van der Waals surface area contributed by atoms with Gasteiger partial charge in [0.1, 0.15) is 0 Å². The van der Waals surface area contributed by atoms with E-state index in [1.54, 1.807) is 0 Å². The van der Waals surface area contributed by atoms with Crippen LogP contribution in [0.3, 0.4) is 0 Å². The van der Waals surface area contributed by atoms with Gasteiger partial charge in [-0.05, 0) is 0 Å². The molecule has 1 fully saturated rings. The van der Waals surface area contributed by atoms with E-state index in [4.69, 9.17) is 10.7 Å². The summed E-state index contributed by atoms with van der Waals surface area (Å²) in [5.41, 5.74) is 0.